The zero-order chi connectivity index (χ0) is 5.98. The van der Waals surface area contributed by atoms with E-state index in [1.54, 1.807) is 0 Å². The molecule has 1 atom stereocenters. The van der Waals surface area contributed by atoms with E-state index in [1.165, 1.54) is 0 Å². The number of hydrogen-bond donors (Lipinski definition) is 0. The molecule has 0 aliphatic carbocycles. The highest BCUT2D eigenvalue weighted by molar-refractivity contribution is 5.72. The molecule has 8 heavy (non-hydrogen) atoms. The van der Waals surface area contributed by atoms with Gasteiger partial charge in [-0.25, -0.2) is 0 Å². The van der Waals surface area contributed by atoms with Crippen LogP contribution >= 0.6 is 0 Å². The minimum absolute atomic E-state index is 0.156. The maximum atomic E-state index is 10.2. The van der Waals surface area contributed by atoms with E-state index in [0.29, 0.717) is 0 Å². The molecule has 4 nitrogen and oxygen atoms in total. The van der Waals surface area contributed by atoms with Gasteiger partial charge in [-0.15, -0.1) is 0 Å². The first-order valence-corrected chi connectivity index (χ1v) is 2.31. The van der Waals surface area contributed by atoms with Crippen molar-refractivity contribution in [3.63, 3.8) is 0 Å². The van der Waals surface area contributed by atoms with Gasteiger partial charge >= 0.3 is 5.97 Å². The van der Waals surface area contributed by atoms with Crippen LogP contribution in [0.2, 0.25) is 0 Å². The van der Waals surface area contributed by atoms with Crippen molar-refractivity contribution in [3.8, 4) is 0 Å². The highest BCUT2D eigenvalue weighted by Crippen LogP contribution is 2.07. The number of nitrogens with zero attached hydrogens (tertiary/aromatic N) is 1. The van der Waals surface area contributed by atoms with Crippen LogP contribution < -0.4 is 0 Å². The van der Waals surface area contributed by atoms with Crippen molar-refractivity contribution in [2.75, 3.05) is 6.61 Å². The molecule has 1 saturated heterocycles. The van der Waals surface area contributed by atoms with Crippen molar-refractivity contribution >= 4 is 5.97 Å². The van der Waals surface area contributed by atoms with Crippen LogP contribution in [0.3, 0.4) is 0 Å². The molecule has 1 aliphatic rings. The number of cyclic esters (lactones) is 1. The first-order valence-electron chi connectivity index (χ1n) is 2.31. The third-order valence-electron chi connectivity index (χ3n) is 0.988. The summed E-state index contributed by atoms with van der Waals surface area (Å²) in [4.78, 5) is 19.9. The molecule has 0 radical (unpaired) electrons. The summed E-state index contributed by atoms with van der Waals surface area (Å²) in [6, 6.07) is -0.428. The van der Waals surface area contributed by atoms with Gasteiger partial charge in [-0.1, -0.05) is 5.18 Å². The van der Waals surface area contributed by atoms with Gasteiger partial charge in [-0.3, -0.25) is 4.79 Å². The topological polar surface area (TPSA) is 55.7 Å². The summed E-state index contributed by atoms with van der Waals surface area (Å²) in [5, 5.41) is 2.64. The van der Waals surface area contributed by atoms with E-state index in [4.69, 9.17) is 0 Å². The second-order valence-electron chi connectivity index (χ2n) is 1.65. The summed E-state index contributed by atoms with van der Waals surface area (Å²) in [5.74, 6) is -0.324. The number of hydrogen-bond acceptors (Lipinski definition) is 4. The molecule has 1 aliphatic heterocycles. The zero-order valence-corrected chi connectivity index (χ0v) is 4.16. The van der Waals surface area contributed by atoms with Crippen LogP contribution in [-0.2, 0) is 9.53 Å². The van der Waals surface area contributed by atoms with Crippen molar-refractivity contribution in [1.29, 1.82) is 0 Å². The minimum Gasteiger partial charge on any atom is -0.463 e. The largest absolute Gasteiger partial charge is 0.463 e. The van der Waals surface area contributed by atoms with Crippen molar-refractivity contribution in [2.45, 2.75) is 12.5 Å². The minimum atomic E-state index is -0.428. The Morgan fingerprint density at radius 3 is 2.75 bits per heavy atom. The van der Waals surface area contributed by atoms with E-state index in [9.17, 15) is 9.70 Å². The second kappa shape index (κ2) is 1.90. The Bertz CT molecular complexity index is 122. The Morgan fingerprint density at radius 1 is 1.75 bits per heavy atom. The summed E-state index contributed by atoms with van der Waals surface area (Å²) in [6.45, 7) is 0.169. The number of carbonyl (C=O) groups excluding carboxylic acids is 1. The van der Waals surface area contributed by atoms with Crippen LogP contribution in [0.25, 0.3) is 0 Å². The number of rotatable bonds is 1. The fourth-order valence-corrected chi connectivity index (χ4v) is 0.567. The molecule has 0 N–H and O–H groups in total. The van der Waals surface area contributed by atoms with Gasteiger partial charge in [0, 0.05) is 0 Å². The van der Waals surface area contributed by atoms with Crippen LogP contribution in [0.1, 0.15) is 6.42 Å². The SMILES string of the molecule is O=N[C@@H]1COC(=O)C1. The highest BCUT2D eigenvalue weighted by atomic mass is 16.5. The Kier molecular flexibility index (Phi) is 1.24. The normalized spacial score (nSPS) is 27.5. The maximum Gasteiger partial charge on any atom is 0.308 e. The molecule has 0 amide bonds. The molecule has 0 unspecified atom stereocenters. The van der Waals surface area contributed by atoms with E-state index in [0.717, 1.165) is 0 Å². The summed E-state index contributed by atoms with van der Waals surface area (Å²) in [7, 11) is 0. The lowest BCUT2D eigenvalue weighted by Gasteiger charge is -1.86. The van der Waals surface area contributed by atoms with Crippen LogP contribution in [-0.4, -0.2) is 18.6 Å². The number of nitroso groups, excluding NO2 is 1. The molecule has 44 valence electrons. The first kappa shape index (κ1) is 5.21. The highest BCUT2D eigenvalue weighted by Gasteiger charge is 2.23. The lowest BCUT2D eigenvalue weighted by molar-refractivity contribution is -0.137. The number of carbonyl (C=O) groups is 1. The molecule has 1 heterocycles. The van der Waals surface area contributed by atoms with Gasteiger partial charge in [0.25, 0.3) is 0 Å². The van der Waals surface area contributed by atoms with E-state index in [1.807, 2.05) is 0 Å². The Hall–Kier alpha value is -0.930. The summed E-state index contributed by atoms with van der Waals surface area (Å²) in [6.07, 6.45) is 0.156. The Labute approximate surface area is 45.8 Å². The molecule has 0 spiro atoms. The molecule has 1 rings (SSSR count). The standard InChI is InChI=1S/C4H5NO3/c6-4-1-3(5-7)2-8-4/h3H,1-2H2/t3-/m0/s1. The first-order chi connectivity index (χ1) is 3.83. The van der Waals surface area contributed by atoms with Crippen molar-refractivity contribution < 1.29 is 9.53 Å². The molecule has 0 aromatic heterocycles. The van der Waals surface area contributed by atoms with E-state index >= 15 is 0 Å². The van der Waals surface area contributed by atoms with Gasteiger partial charge < -0.3 is 4.74 Å². The lowest BCUT2D eigenvalue weighted by atomic mass is 10.3. The molecule has 0 saturated carbocycles. The van der Waals surface area contributed by atoms with E-state index in [2.05, 4.69) is 9.91 Å². The van der Waals surface area contributed by atoms with Gasteiger partial charge in [0.15, 0.2) is 0 Å². The Balaban J connectivity index is 2.43. The molecule has 1 fully saturated rings. The van der Waals surface area contributed by atoms with Gasteiger partial charge in [0.2, 0.25) is 0 Å². The smallest absolute Gasteiger partial charge is 0.308 e. The third-order valence-corrected chi connectivity index (χ3v) is 0.988. The average Bonchev–Trinajstić information content (AvgIpc) is 2.14. The zero-order valence-electron chi connectivity index (χ0n) is 4.16. The maximum absolute atomic E-state index is 10.2. The van der Waals surface area contributed by atoms with Crippen LogP contribution in [0, 0.1) is 4.91 Å². The monoisotopic (exact) mass is 115 g/mol. The summed E-state index contributed by atoms with van der Waals surface area (Å²) >= 11 is 0. The second-order valence-corrected chi connectivity index (χ2v) is 1.65. The molecule has 0 bridgehead atoms. The molecule has 0 aromatic rings. The van der Waals surface area contributed by atoms with Gasteiger partial charge in [0.1, 0.15) is 12.6 Å². The molecule has 4 heteroatoms. The van der Waals surface area contributed by atoms with E-state index in [-0.39, 0.29) is 19.0 Å². The predicted molar refractivity (Wildman–Crippen MR) is 25.2 cm³/mol. The van der Waals surface area contributed by atoms with Crippen molar-refractivity contribution in [1.82, 2.24) is 0 Å². The van der Waals surface area contributed by atoms with Crippen LogP contribution in [0.15, 0.2) is 5.18 Å². The number of esters is 1. The Morgan fingerprint density at radius 2 is 2.50 bits per heavy atom. The quantitative estimate of drug-likeness (QED) is 0.359. The fourth-order valence-electron chi connectivity index (χ4n) is 0.567. The van der Waals surface area contributed by atoms with E-state index < -0.39 is 6.04 Å². The van der Waals surface area contributed by atoms with Crippen molar-refractivity contribution in [3.05, 3.63) is 4.91 Å². The lowest BCUT2D eigenvalue weighted by Crippen LogP contribution is -1.99. The van der Waals surface area contributed by atoms with Crippen LogP contribution in [0.4, 0.5) is 0 Å². The van der Waals surface area contributed by atoms with Gasteiger partial charge in [-0.05, 0) is 0 Å². The number of ether oxygens (including phenoxy) is 1. The third kappa shape index (κ3) is 0.828. The molecule has 0 aromatic carbocycles. The molecular formula is C4H5NO3. The van der Waals surface area contributed by atoms with Gasteiger partial charge in [-0.2, -0.15) is 4.91 Å². The molecular weight excluding hydrogens is 110 g/mol. The average molecular weight is 115 g/mol. The summed E-state index contributed by atoms with van der Waals surface area (Å²) < 4.78 is 4.42. The van der Waals surface area contributed by atoms with Crippen molar-refractivity contribution in [2.24, 2.45) is 5.18 Å². The fraction of sp³-hybridized carbons (Fsp3) is 0.750. The summed E-state index contributed by atoms with van der Waals surface area (Å²) in [5.41, 5.74) is 0. The van der Waals surface area contributed by atoms with Crippen LogP contribution in [0.5, 0.6) is 0 Å². The predicted octanol–water partition coefficient (Wildman–Crippen LogP) is 0.0683. The van der Waals surface area contributed by atoms with Gasteiger partial charge in [0.05, 0.1) is 6.42 Å².